The van der Waals surface area contributed by atoms with Crippen LogP contribution in [0.25, 0.3) is 0 Å². The standard InChI is InChI=1S/C15H20N4O/c1-5-19-10-12(9-16-19)15(20)17-13-7-6-8-14(11(13)2)18(3)4/h6-10H,5H2,1-4H3,(H,17,20). The van der Waals surface area contributed by atoms with E-state index in [0.29, 0.717) is 5.56 Å². The quantitative estimate of drug-likeness (QED) is 0.930. The number of carbonyl (C=O) groups is 1. The van der Waals surface area contributed by atoms with Gasteiger partial charge in [0.25, 0.3) is 5.91 Å². The van der Waals surface area contributed by atoms with Crippen LogP contribution in [0.3, 0.4) is 0 Å². The van der Waals surface area contributed by atoms with Crippen LogP contribution >= 0.6 is 0 Å². The smallest absolute Gasteiger partial charge is 0.258 e. The van der Waals surface area contributed by atoms with Gasteiger partial charge in [-0.15, -0.1) is 0 Å². The first-order chi connectivity index (χ1) is 9.52. The highest BCUT2D eigenvalue weighted by Crippen LogP contribution is 2.25. The number of carbonyl (C=O) groups excluding carboxylic acids is 1. The van der Waals surface area contributed by atoms with E-state index < -0.39 is 0 Å². The highest BCUT2D eigenvalue weighted by molar-refractivity contribution is 6.04. The molecule has 0 radical (unpaired) electrons. The van der Waals surface area contributed by atoms with Crippen LogP contribution in [-0.2, 0) is 6.54 Å². The van der Waals surface area contributed by atoms with Crippen LogP contribution in [0.4, 0.5) is 11.4 Å². The number of amides is 1. The second-order valence-corrected chi connectivity index (χ2v) is 4.88. The molecule has 0 aliphatic heterocycles. The van der Waals surface area contributed by atoms with Gasteiger partial charge in [-0.3, -0.25) is 9.48 Å². The molecule has 0 fully saturated rings. The fourth-order valence-electron chi connectivity index (χ4n) is 2.09. The van der Waals surface area contributed by atoms with E-state index in [9.17, 15) is 4.79 Å². The lowest BCUT2D eigenvalue weighted by Crippen LogP contribution is -2.15. The molecule has 0 saturated carbocycles. The van der Waals surface area contributed by atoms with Crippen molar-refractivity contribution in [1.29, 1.82) is 0 Å². The Bertz CT molecular complexity index is 616. The van der Waals surface area contributed by atoms with Gasteiger partial charge in [-0.05, 0) is 31.5 Å². The molecule has 1 aromatic carbocycles. The normalized spacial score (nSPS) is 10.4. The van der Waals surface area contributed by atoms with Crippen LogP contribution in [-0.4, -0.2) is 29.8 Å². The molecule has 0 aliphatic rings. The first kappa shape index (κ1) is 14.1. The molecule has 1 N–H and O–H groups in total. The van der Waals surface area contributed by atoms with E-state index in [1.54, 1.807) is 17.1 Å². The average molecular weight is 272 g/mol. The maximum Gasteiger partial charge on any atom is 0.258 e. The molecule has 5 nitrogen and oxygen atoms in total. The molecule has 1 aromatic heterocycles. The maximum atomic E-state index is 12.2. The molecule has 0 spiro atoms. The Labute approximate surface area is 119 Å². The summed E-state index contributed by atoms with van der Waals surface area (Å²) >= 11 is 0. The Hall–Kier alpha value is -2.30. The topological polar surface area (TPSA) is 50.2 Å². The summed E-state index contributed by atoms with van der Waals surface area (Å²) < 4.78 is 1.73. The minimum absolute atomic E-state index is 0.135. The van der Waals surface area contributed by atoms with Gasteiger partial charge in [-0.1, -0.05) is 6.07 Å². The summed E-state index contributed by atoms with van der Waals surface area (Å²) in [4.78, 5) is 14.2. The zero-order chi connectivity index (χ0) is 14.7. The second-order valence-electron chi connectivity index (χ2n) is 4.88. The third kappa shape index (κ3) is 2.82. The van der Waals surface area contributed by atoms with Crippen LogP contribution in [0.5, 0.6) is 0 Å². The van der Waals surface area contributed by atoms with Crippen molar-refractivity contribution in [3.05, 3.63) is 41.7 Å². The lowest BCUT2D eigenvalue weighted by atomic mass is 10.1. The minimum Gasteiger partial charge on any atom is -0.377 e. The van der Waals surface area contributed by atoms with Gasteiger partial charge in [-0.25, -0.2) is 0 Å². The van der Waals surface area contributed by atoms with Gasteiger partial charge in [0.15, 0.2) is 0 Å². The minimum atomic E-state index is -0.135. The SMILES string of the molecule is CCn1cc(C(=O)Nc2cccc(N(C)C)c2C)cn1. The molecular formula is C15H20N4O. The fraction of sp³-hybridized carbons (Fsp3) is 0.333. The molecule has 2 aromatic rings. The van der Waals surface area contributed by atoms with E-state index >= 15 is 0 Å². The molecule has 20 heavy (non-hydrogen) atoms. The van der Waals surface area contributed by atoms with E-state index in [2.05, 4.69) is 10.4 Å². The van der Waals surface area contributed by atoms with Crippen LogP contribution in [0, 0.1) is 6.92 Å². The van der Waals surface area contributed by atoms with Gasteiger partial charge in [0, 0.05) is 38.2 Å². The van der Waals surface area contributed by atoms with Crippen molar-refractivity contribution in [1.82, 2.24) is 9.78 Å². The molecule has 5 heteroatoms. The van der Waals surface area contributed by atoms with Crippen molar-refractivity contribution in [2.45, 2.75) is 20.4 Å². The zero-order valence-corrected chi connectivity index (χ0v) is 12.3. The van der Waals surface area contributed by atoms with Crippen molar-refractivity contribution < 1.29 is 4.79 Å². The van der Waals surface area contributed by atoms with Crippen LogP contribution in [0.15, 0.2) is 30.6 Å². The molecule has 0 unspecified atom stereocenters. The monoisotopic (exact) mass is 272 g/mol. The second kappa shape index (κ2) is 5.77. The van der Waals surface area contributed by atoms with E-state index in [4.69, 9.17) is 0 Å². The summed E-state index contributed by atoms with van der Waals surface area (Å²) in [5, 5.41) is 7.05. The van der Waals surface area contributed by atoms with Crippen LogP contribution < -0.4 is 10.2 Å². The number of nitrogens with zero attached hydrogens (tertiary/aromatic N) is 3. The molecule has 2 rings (SSSR count). The number of benzene rings is 1. The highest BCUT2D eigenvalue weighted by Gasteiger charge is 2.12. The summed E-state index contributed by atoms with van der Waals surface area (Å²) in [6, 6.07) is 5.87. The summed E-state index contributed by atoms with van der Waals surface area (Å²) in [6.45, 7) is 4.74. The summed E-state index contributed by atoms with van der Waals surface area (Å²) in [5.41, 5.74) is 3.53. The molecule has 0 aliphatic carbocycles. The summed E-state index contributed by atoms with van der Waals surface area (Å²) in [6.07, 6.45) is 3.34. The van der Waals surface area contributed by atoms with E-state index in [1.807, 2.05) is 51.0 Å². The molecular weight excluding hydrogens is 252 g/mol. The van der Waals surface area contributed by atoms with Gasteiger partial charge in [0.2, 0.25) is 0 Å². The average Bonchev–Trinajstić information content (AvgIpc) is 2.89. The third-order valence-corrected chi connectivity index (χ3v) is 3.25. The van der Waals surface area contributed by atoms with E-state index in [1.165, 1.54) is 0 Å². The predicted molar refractivity (Wildman–Crippen MR) is 81.4 cm³/mol. The molecule has 106 valence electrons. The first-order valence-corrected chi connectivity index (χ1v) is 6.63. The number of hydrogen-bond acceptors (Lipinski definition) is 3. The van der Waals surface area contributed by atoms with Crippen LogP contribution in [0.1, 0.15) is 22.8 Å². The Balaban J connectivity index is 2.21. The number of aryl methyl sites for hydroxylation is 1. The van der Waals surface area contributed by atoms with Crippen molar-refractivity contribution in [3.63, 3.8) is 0 Å². The van der Waals surface area contributed by atoms with Crippen molar-refractivity contribution in [3.8, 4) is 0 Å². The third-order valence-electron chi connectivity index (χ3n) is 3.25. The molecule has 0 atom stereocenters. The summed E-state index contributed by atoms with van der Waals surface area (Å²) in [5.74, 6) is -0.135. The molecule has 1 amide bonds. The zero-order valence-electron chi connectivity index (χ0n) is 12.3. The molecule has 0 saturated heterocycles. The van der Waals surface area contributed by atoms with Gasteiger partial charge in [-0.2, -0.15) is 5.10 Å². The maximum absolute atomic E-state index is 12.2. The number of nitrogens with one attached hydrogen (secondary N) is 1. The van der Waals surface area contributed by atoms with Gasteiger partial charge < -0.3 is 10.2 Å². The Morgan fingerprint density at radius 3 is 2.75 bits per heavy atom. The highest BCUT2D eigenvalue weighted by atomic mass is 16.1. The lowest BCUT2D eigenvalue weighted by molar-refractivity contribution is 0.102. The number of rotatable bonds is 4. The number of hydrogen-bond donors (Lipinski definition) is 1. The number of aromatic nitrogens is 2. The first-order valence-electron chi connectivity index (χ1n) is 6.63. The Morgan fingerprint density at radius 1 is 1.40 bits per heavy atom. The molecule has 0 bridgehead atoms. The van der Waals surface area contributed by atoms with E-state index in [0.717, 1.165) is 23.5 Å². The number of anilines is 2. The summed E-state index contributed by atoms with van der Waals surface area (Å²) in [7, 11) is 3.97. The lowest BCUT2D eigenvalue weighted by Gasteiger charge is -2.18. The van der Waals surface area contributed by atoms with Gasteiger partial charge in [0.1, 0.15) is 0 Å². The molecule has 1 heterocycles. The van der Waals surface area contributed by atoms with E-state index in [-0.39, 0.29) is 5.91 Å². The van der Waals surface area contributed by atoms with Gasteiger partial charge in [0.05, 0.1) is 11.8 Å². The van der Waals surface area contributed by atoms with Crippen molar-refractivity contribution >= 4 is 17.3 Å². The largest absolute Gasteiger partial charge is 0.377 e. The van der Waals surface area contributed by atoms with Crippen LogP contribution in [0.2, 0.25) is 0 Å². The predicted octanol–water partition coefficient (Wildman–Crippen LogP) is 2.53. The van der Waals surface area contributed by atoms with Crippen molar-refractivity contribution in [2.24, 2.45) is 0 Å². The van der Waals surface area contributed by atoms with Crippen molar-refractivity contribution in [2.75, 3.05) is 24.3 Å². The fourth-order valence-corrected chi connectivity index (χ4v) is 2.09. The Morgan fingerprint density at radius 2 is 2.15 bits per heavy atom. The van der Waals surface area contributed by atoms with Gasteiger partial charge >= 0.3 is 0 Å². The Kier molecular flexibility index (Phi) is 4.08.